The number of amides is 1. The number of carbonyl (C=O) groups excluding carboxylic acids is 1. The summed E-state index contributed by atoms with van der Waals surface area (Å²) in [6.45, 7) is 7.16. The van der Waals surface area contributed by atoms with Crippen molar-refractivity contribution in [1.29, 1.82) is 0 Å². The topological polar surface area (TPSA) is 53.6 Å². The second-order valence-electron chi connectivity index (χ2n) is 6.67. The van der Waals surface area contributed by atoms with Crippen molar-refractivity contribution in [2.24, 2.45) is 5.92 Å². The minimum absolute atomic E-state index is 0.0431. The van der Waals surface area contributed by atoms with E-state index in [2.05, 4.69) is 46.7 Å². The van der Waals surface area contributed by atoms with E-state index in [0.717, 1.165) is 32.6 Å². The second kappa shape index (κ2) is 7.90. The molecule has 126 valence electrons. The van der Waals surface area contributed by atoms with E-state index in [-0.39, 0.29) is 18.1 Å². The van der Waals surface area contributed by atoms with Crippen LogP contribution in [-0.4, -0.2) is 55.7 Å². The third kappa shape index (κ3) is 4.53. The lowest BCUT2D eigenvalue weighted by Crippen LogP contribution is -2.55. The third-order valence-electron chi connectivity index (χ3n) is 4.80. The standard InChI is InChI=1S/C18H27N3O2/c1-14-11-19-8-7-16(14)20-18(22)17-13-21(9-10-23-17)12-15-5-3-2-4-6-15/h2-6,14,16-17,19H,7-13H2,1H3,(H,20,22). The van der Waals surface area contributed by atoms with Gasteiger partial charge in [0, 0.05) is 25.7 Å². The zero-order valence-corrected chi connectivity index (χ0v) is 13.8. The first-order valence-corrected chi connectivity index (χ1v) is 8.61. The van der Waals surface area contributed by atoms with Gasteiger partial charge in [-0.2, -0.15) is 0 Å². The van der Waals surface area contributed by atoms with E-state index >= 15 is 0 Å². The lowest BCUT2D eigenvalue weighted by atomic mass is 9.95. The molecule has 3 rings (SSSR count). The highest BCUT2D eigenvalue weighted by Crippen LogP contribution is 2.14. The maximum Gasteiger partial charge on any atom is 0.250 e. The molecule has 0 aromatic heterocycles. The maximum atomic E-state index is 12.5. The van der Waals surface area contributed by atoms with Crippen LogP contribution in [0.25, 0.3) is 0 Å². The lowest BCUT2D eigenvalue weighted by molar-refractivity contribution is -0.140. The van der Waals surface area contributed by atoms with Crippen molar-refractivity contribution in [2.45, 2.75) is 32.0 Å². The van der Waals surface area contributed by atoms with Crippen LogP contribution >= 0.6 is 0 Å². The van der Waals surface area contributed by atoms with Crippen LogP contribution in [-0.2, 0) is 16.1 Å². The number of morpholine rings is 1. The molecule has 2 saturated heterocycles. The van der Waals surface area contributed by atoms with Crippen LogP contribution in [0.3, 0.4) is 0 Å². The van der Waals surface area contributed by atoms with Gasteiger partial charge in [0.2, 0.25) is 0 Å². The van der Waals surface area contributed by atoms with Crippen molar-refractivity contribution in [3.8, 4) is 0 Å². The fourth-order valence-electron chi connectivity index (χ4n) is 3.35. The van der Waals surface area contributed by atoms with Gasteiger partial charge in [-0.3, -0.25) is 9.69 Å². The Morgan fingerprint density at radius 2 is 2.22 bits per heavy atom. The van der Waals surface area contributed by atoms with Gasteiger partial charge in [0.15, 0.2) is 0 Å². The number of piperidine rings is 1. The molecule has 2 fully saturated rings. The third-order valence-corrected chi connectivity index (χ3v) is 4.80. The van der Waals surface area contributed by atoms with Crippen molar-refractivity contribution in [3.63, 3.8) is 0 Å². The van der Waals surface area contributed by atoms with E-state index in [0.29, 0.717) is 19.1 Å². The van der Waals surface area contributed by atoms with Crippen LogP contribution in [0.4, 0.5) is 0 Å². The summed E-state index contributed by atoms with van der Waals surface area (Å²) in [4.78, 5) is 14.8. The molecular formula is C18H27N3O2. The molecule has 2 aliphatic rings. The lowest BCUT2D eigenvalue weighted by Gasteiger charge is -2.35. The van der Waals surface area contributed by atoms with Gasteiger partial charge in [-0.15, -0.1) is 0 Å². The first-order valence-electron chi connectivity index (χ1n) is 8.61. The molecule has 0 bridgehead atoms. The molecule has 5 nitrogen and oxygen atoms in total. The number of hydrogen-bond acceptors (Lipinski definition) is 4. The highest BCUT2D eigenvalue weighted by atomic mass is 16.5. The van der Waals surface area contributed by atoms with E-state index < -0.39 is 0 Å². The number of nitrogens with one attached hydrogen (secondary N) is 2. The highest BCUT2D eigenvalue weighted by molar-refractivity contribution is 5.81. The van der Waals surface area contributed by atoms with E-state index in [4.69, 9.17) is 4.74 Å². The van der Waals surface area contributed by atoms with Crippen molar-refractivity contribution in [2.75, 3.05) is 32.8 Å². The zero-order chi connectivity index (χ0) is 16.1. The van der Waals surface area contributed by atoms with E-state index in [9.17, 15) is 4.79 Å². The normalized spacial score (nSPS) is 29.2. The summed E-state index contributed by atoms with van der Waals surface area (Å²) in [5.41, 5.74) is 1.28. The fourth-order valence-corrected chi connectivity index (χ4v) is 3.35. The summed E-state index contributed by atoms with van der Waals surface area (Å²) >= 11 is 0. The Balaban J connectivity index is 1.52. The number of carbonyl (C=O) groups is 1. The van der Waals surface area contributed by atoms with Crippen molar-refractivity contribution < 1.29 is 9.53 Å². The summed E-state index contributed by atoms with van der Waals surface area (Å²) in [5, 5.41) is 6.55. The molecule has 1 aromatic carbocycles. The Labute approximate surface area is 138 Å². The number of benzene rings is 1. The average molecular weight is 317 g/mol. The predicted octanol–water partition coefficient (Wildman–Crippen LogP) is 1.00. The maximum absolute atomic E-state index is 12.5. The van der Waals surface area contributed by atoms with Gasteiger partial charge in [-0.1, -0.05) is 37.3 Å². The van der Waals surface area contributed by atoms with E-state index in [1.54, 1.807) is 0 Å². The van der Waals surface area contributed by atoms with Gasteiger partial charge < -0.3 is 15.4 Å². The SMILES string of the molecule is CC1CNCCC1NC(=O)C1CN(Cc2ccccc2)CCO1. The molecule has 23 heavy (non-hydrogen) atoms. The molecule has 0 aliphatic carbocycles. The quantitative estimate of drug-likeness (QED) is 0.870. The monoisotopic (exact) mass is 317 g/mol. The summed E-state index contributed by atoms with van der Waals surface area (Å²) in [6, 6.07) is 10.6. The van der Waals surface area contributed by atoms with Gasteiger partial charge in [-0.05, 0) is 31.0 Å². The van der Waals surface area contributed by atoms with Crippen molar-refractivity contribution in [3.05, 3.63) is 35.9 Å². The van der Waals surface area contributed by atoms with Crippen LogP contribution in [0.1, 0.15) is 18.9 Å². The van der Waals surface area contributed by atoms with E-state index in [1.807, 2.05) is 6.07 Å². The average Bonchev–Trinajstić information content (AvgIpc) is 2.58. The van der Waals surface area contributed by atoms with Gasteiger partial charge in [0.05, 0.1) is 6.61 Å². The fraction of sp³-hybridized carbons (Fsp3) is 0.611. The predicted molar refractivity (Wildman–Crippen MR) is 90.0 cm³/mol. The molecule has 3 unspecified atom stereocenters. The van der Waals surface area contributed by atoms with Crippen LogP contribution < -0.4 is 10.6 Å². The molecule has 2 N–H and O–H groups in total. The summed E-state index contributed by atoms with van der Waals surface area (Å²) < 4.78 is 5.72. The molecule has 5 heteroatoms. The Kier molecular flexibility index (Phi) is 5.65. The largest absolute Gasteiger partial charge is 0.366 e. The molecule has 1 aromatic rings. The smallest absolute Gasteiger partial charge is 0.250 e. The number of rotatable bonds is 4. The molecule has 0 saturated carbocycles. The van der Waals surface area contributed by atoms with Crippen molar-refractivity contribution in [1.82, 2.24) is 15.5 Å². The Bertz CT molecular complexity index is 508. The van der Waals surface area contributed by atoms with Crippen LogP contribution in [0.2, 0.25) is 0 Å². The highest BCUT2D eigenvalue weighted by Gasteiger charge is 2.30. The second-order valence-corrected chi connectivity index (χ2v) is 6.67. The molecule has 2 aliphatic heterocycles. The van der Waals surface area contributed by atoms with Crippen molar-refractivity contribution >= 4 is 5.91 Å². The molecule has 2 heterocycles. The Morgan fingerprint density at radius 1 is 1.39 bits per heavy atom. The Morgan fingerprint density at radius 3 is 3.00 bits per heavy atom. The van der Waals surface area contributed by atoms with E-state index in [1.165, 1.54) is 5.56 Å². The van der Waals surface area contributed by atoms with Gasteiger partial charge in [0.1, 0.15) is 6.10 Å². The molecule has 0 spiro atoms. The molecule has 3 atom stereocenters. The summed E-state index contributed by atoms with van der Waals surface area (Å²) in [6.07, 6.45) is 0.641. The number of nitrogens with zero attached hydrogens (tertiary/aromatic N) is 1. The Hall–Kier alpha value is -1.43. The van der Waals surface area contributed by atoms with Crippen LogP contribution in [0.5, 0.6) is 0 Å². The van der Waals surface area contributed by atoms with Crippen LogP contribution in [0.15, 0.2) is 30.3 Å². The number of hydrogen-bond donors (Lipinski definition) is 2. The van der Waals surface area contributed by atoms with Gasteiger partial charge in [0.25, 0.3) is 5.91 Å². The first kappa shape index (κ1) is 16.4. The first-order chi connectivity index (χ1) is 11.2. The molecule has 0 radical (unpaired) electrons. The minimum Gasteiger partial charge on any atom is -0.366 e. The van der Waals surface area contributed by atoms with Gasteiger partial charge in [-0.25, -0.2) is 0 Å². The number of ether oxygens (including phenoxy) is 1. The minimum atomic E-state index is -0.352. The van der Waals surface area contributed by atoms with Crippen LogP contribution in [0, 0.1) is 5.92 Å². The zero-order valence-electron chi connectivity index (χ0n) is 13.8. The summed E-state index contributed by atoms with van der Waals surface area (Å²) in [5.74, 6) is 0.512. The summed E-state index contributed by atoms with van der Waals surface area (Å²) in [7, 11) is 0. The molecule has 1 amide bonds. The van der Waals surface area contributed by atoms with Gasteiger partial charge >= 0.3 is 0 Å². The molecular weight excluding hydrogens is 290 g/mol.